The second-order valence-electron chi connectivity index (χ2n) is 2.51. The highest BCUT2D eigenvalue weighted by atomic mass is 16.6. The van der Waals surface area contributed by atoms with Gasteiger partial charge in [-0.3, -0.25) is 0 Å². The third-order valence-corrected chi connectivity index (χ3v) is 1.56. The fraction of sp³-hybridized carbons (Fsp3) is 1.00. The van der Waals surface area contributed by atoms with Gasteiger partial charge in [-0.1, -0.05) is 26.2 Å². The Morgan fingerprint density at radius 3 is 2.50 bits per heavy atom. The van der Waals surface area contributed by atoms with Crippen LogP contribution >= 0.6 is 0 Å². The summed E-state index contributed by atoms with van der Waals surface area (Å²) in [5.41, 5.74) is 0. The fourth-order valence-electron chi connectivity index (χ4n) is 0.856. The lowest BCUT2D eigenvalue weighted by atomic mass is 10.1. The van der Waals surface area contributed by atoms with E-state index < -0.39 is 6.29 Å². The average Bonchev–Trinajstić information content (AvgIpc) is 1.98. The monoisotopic (exact) mass is 145 g/mol. The van der Waals surface area contributed by atoms with Crippen LogP contribution in [0.1, 0.15) is 39.0 Å². The fourth-order valence-corrected chi connectivity index (χ4v) is 0.856. The Labute approximate surface area is 63.2 Å². The van der Waals surface area contributed by atoms with Crippen molar-refractivity contribution in [2.24, 2.45) is 0 Å². The largest absolute Gasteiger partial charge is 0.353 e. The smallest absolute Gasteiger partial charge is 0.190 e. The summed E-state index contributed by atoms with van der Waals surface area (Å²) in [6.45, 7) is 2.16. The standard InChI is InChI=1S/C8H17O2/c1-3-4-5-6-7-8(9)10-2/h8H,3-7H2,1-2H3. The number of unbranched alkanes of at least 4 members (excludes halogenated alkanes) is 3. The van der Waals surface area contributed by atoms with Gasteiger partial charge in [-0.15, -0.1) is 0 Å². The second kappa shape index (κ2) is 7.03. The van der Waals surface area contributed by atoms with Gasteiger partial charge in [-0.25, -0.2) is 5.11 Å². The number of rotatable bonds is 6. The predicted molar refractivity (Wildman–Crippen MR) is 40.2 cm³/mol. The summed E-state index contributed by atoms with van der Waals surface area (Å²) in [4.78, 5) is 0. The first-order chi connectivity index (χ1) is 4.81. The molecule has 0 aliphatic heterocycles. The number of hydrogen-bond donors (Lipinski definition) is 0. The summed E-state index contributed by atoms with van der Waals surface area (Å²) in [6, 6.07) is 0. The Morgan fingerprint density at radius 1 is 1.30 bits per heavy atom. The molecular formula is C8H17O2. The first-order valence-corrected chi connectivity index (χ1v) is 4.00. The molecule has 61 valence electrons. The summed E-state index contributed by atoms with van der Waals surface area (Å²) >= 11 is 0. The molecule has 0 aromatic heterocycles. The zero-order valence-corrected chi connectivity index (χ0v) is 6.93. The van der Waals surface area contributed by atoms with Crippen LogP contribution in [0.2, 0.25) is 0 Å². The Morgan fingerprint density at radius 2 is 2.00 bits per heavy atom. The highest BCUT2D eigenvalue weighted by Crippen LogP contribution is 2.05. The number of methoxy groups -OCH3 is 1. The normalized spacial score (nSPS) is 13.5. The maximum absolute atomic E-state index is 10.6. The first kappa shape index (κ1) is 9.92. The Bertz CT molecular complexity index is 64.3. The van der Waals surface area contributed by atoms with Gasteiger partial charge in [0.25, 0.3) is 0 Å². The van der Waals surface area contributed by atoms with Crippen LogP contribution in [0, 0.1) is 0 Å². The van der Waals surface area contributed by atoms with Crippen molar-refractivity contribution in [1.29, 1.82) is 0 Å². The highest BCUT2D eigenvalue weighted by molar-refractivity contribution is 4.43. The summed E-state index contributed by atoms with van der Waals surface area (Å²) in [6.07, 6.45) is 4.49. The Hall–Kier alpha value is -0.0800. The van der Waals surface area contributed by atoms with Crippen LogP contribution in [0.4, 0.5) is 0 Å². The van der Waals surface area contributed by atoms with Crippen molar-refractivity contribution in [3.8, 4) is 0 Å². The molecule has 2 heteroatoms. The van der Waals surface area contributed by atoms with Crippen LogP contribution in [0.25, 0.3) is 0 Å². The molecule has 1 atom stereocenters. The van der Waals surface area contributed by atoms with E-state index in [1.807, 2.05) is 0 Å². The van der Waals surface area contributed by atoms with Gasteiger partial charge < -0.3 is 4.74 Å². The van der Waals surface area contributed by atoms with E-state index in [0.29, 0.717) is 6.42 Å². The molecule has 2 nitrogen and oxygen atoms in total. The lowest BCUT2D eigenvalue weighted by Crippen LogP contribution is -2.05. The summed E-state index contributed by atoms with van der Waals surface area (Å²) < 4.78 is 4.57. The minimum atomic E-state index is -0.795. The predicted octanol–water partition coefficient (Wildman–Crippen LogP) is 2.36. The molecule has 0 saturated heterocycles. The minimum absolute atomic E-state index is 0.663. The van der Waals surface area contributed by atoms with Gasteiger partial charge in [-0.2, -0.15) is 0 Å². The van der Waals surface area contributed by atoms with Crippen molar-refractivity contribution in [2.45, 2.75) is 45.3 Å². The van der Waals surface area contributed by atoms with Crippen LogP contribution in [0.5, 0.6) is 0 Å². The molecule has 0 amide bonds. The van der Waals surface area contributed by atoms with Crippen LogP contribution in [0.15, 0.2) is 0 Å². The second-order valence-corrected chi connectivity index (χ2v) is 2.51. The van der Waals surface area contributed by atoms with Crippen molar-refractivity contribution in [3.05, 3.63) is 0 Å². The van der Waals surface area contributed by atoms with Crippen LogP contribution < -0.4 is 0 Å². The molecule has 0 aliphatic carbocycles. The topological polar surface area (TPSA) is 29.1 Å². The molecule has 0 bridgehead atoms. The quantitative estimate of drug-likeness (QED) is 0.416. The third kappa shape index (κ3) is 6.05. The van der Waals surface area contributed by atoms with Crippen molar-refractivity contribution < 1.29 is 9.84 Å². The molecule has 0 aromatic carbocycles. The van der Waals surface area contributed by atoms with E-state index in [0.717, 1.165) is 6.42 Å². The maximum atomic E-state index is 10.6. The van der Waals surface area contributed by atoms with E-state index in [-0.39, 0.29) is 0 Å². The van der Waals surface area contributed by atoms with Gasteiger partial charge in [0.15, 0.2) is 6.29 Å². The molecule has 0 N–H and O–H groups in total. The molecule has 0 spiro atoms. The van der Waals surface area contributed by atoms with Gasteiger partial charge in [0, 0.05) is 13.5 Å². The lowest BCUT2D eigenvalue weighted by molar-refractivity contribution is -0.123. The summed E-state index contributed by atoms with van der Waals surface area (Å²) in [5, 5.41) is 10.6. The van der Waals surface area contributed by atoms with Crippen molar-refractivity contribution in [1.82, 2.24) is 0 Å². The van der Waals surface area contributed by atoms with Gasteiger partial charge in [0.05, 0.1) is 0 Å². The van der Waals surface area contributed by atoms with E-state index in [1.54, 1.807) is 0 Å². The SMILES string of the molecule is CCCCCCC([O])OC. The van der Waals surface area contributed by atoms with Crippen molar-refractivity contribution >= 4 is 0 Å². The molecule has 1 radical (unpaired) electrons. The van der Waals surface area contributed by atoms with E-state index in [9.17, 15) is 5.11 Å². The summed E-state index contributed by atoms with van der Waals surface area (Å²) in [5.74, 6) is 0. The van der Waals surface area contributed by atoms with Gasteiger partial charge in [-0.05, 0) is 6.42 Å². The molecule has 1 unspecified atom stereocenters. The van der Waals surface area contributed by atoms with Crippen molar-refractivity contribution in [2.75, 3.05) is 7.11 Å². The van der Waals surface area contributed by atoms with Gasteiger partial charge >= 0.3 is 0 Å². The molecule has 0 saturated carbocycles. The first-order valence-electron chi connectivity index (χ1n) is 4.00. The molecular weight excluding hydrogens is 128 g/mol. The van der Waals surface area contributed by atoms with E-state index in [1.165, 1.54) is 26.4 Å². The van der Waals surface area contributed by atoms with Crippen LogP contribution in [-0.4, -0.2) is 13.4 Å². The van der Waals surface area contributed by atoms with Crippen LogP contribution in [0.3, 0.4) is 0 Å². The Kier molecular flexibility index (Phi) is 6.98. The molecule has 0 aromatic rings. The summed E-state index contributed by atoms with van der Waals surface area (Å²) in [7, 11) is 1.47. The zero-order chi connectivity index (χ0) is 7.82. The highest BCUT2D eigenvalue weighted by Gasteiger charge is 2.00. The lowest BCUT2D eigenvalue weighted by Gasteiger charge is -2.03. The van der Waals surface area contributed by atoms with E-state index in [2.05, 4.69) is 11.7 Å². The molecule has 0 heterocycles. The average molecular weight is 145 g/mol. The number of ether oxygens (including phenoxy) is 1. The van der Waals surface area contributed by atoms with E-state index >= 15 is 0 Å². The molecule has 0 fully saturated rings. The van der Waals surface area contributed by atoms with Gasteiger partial charge in [0.1, 0.15) is 0 Å². The molecule has 0 rings (SSSR count). The third-order valence-electron chi connectivity index (χ3n) is 1.56. The Balaban J connectivity index is 2.89. The maximum Gasteiger partial charge on any atom is 0.190 e. The zero-order valence-electron chi connectivity index (χ0n) is 6.93. The van der Waals surface area contributed by atoms with Crippen LogP contribution in [-0.2, 0) is 9.84 Å². The van der Waals surface area contributed by atoms with Crippen molar-refractivity contribution in [3.63, 3.8) is 0 Å². The van der Waals surface area contributed by atoms with Gasteiger partial charge in [0.2, 0.25) is 0 Å². The molecule has 10 heavy (non-hydrogen) atoms. The van der Waals surface area contributed by atoms with E-state index in [4.69, 9.17) is 0 Å². The minimum Gasteiger partial charge on any atom is -0.353 e. The molecule has 0 aliphatic rings. The number of hydrogen-bond acceptors (Lipinski definition) is 1.